The largest absolute Gasteiger partial charge is 0.484 e. The van der Waals surface area contributed by atoms with Crippen LogP contribution < -0.4 is 15.5 Å². The molecular weight excluding hydrogens is 477 g/mol. The maximum absolute atomic E-state index is 12.0. The lowest BCUT2D eigenvalue weighted by atomic mass is 10.1. The number of hydrazone groups is 1. The molecule has 0 saturated heterocycles. The molecule has 7 nitrogen and oxygen atoms in total. The molecule has 1 aromatic heterocycles. The van der Waals surface area contributed by atoms with Crippen LogP contribution in [-0.4, -0.2) is 31.2 Å². The molecule has 0 fully saturated rings. The second-order valence-corrected chi connectivity index (χ2v) is 8.01. The molecule has 1 heterocycles. The first-order chi connectivity index (χ1) is 16.5. The summed E-state index contributed by atoms with van der Waals surface area (Å²) in [7, 11) is 0. The molecule has 172 valence electrons. The summed E-state index contributed by atoms with van der Waals surface area (Å²) in [4.78, 5) is 23.9. The Morgan fingerprint density at radius 3 is 2.56 bits per heavy atom. The summed E-state index contributed by atoms with van der Waals surface area (Å²) < 4.78 is 11.2. The van der Waals surface area contributed by atoms with E-state index in [1.54, 1.807) is 36.4 Å². The third-order valence-electron chi connectivity index (χ3n) is 4.75. The molecule has 9 heteroatoms. The summed E-state index contributed by atoms with van der Waals surface area (Å²) in [6.45, 7) is -0.456. The number of ether oxygens (including phenoxy) is 1. The normalized spacial score (nSPS) is 11.0. The first-order valence-electron chi connectivity index (χ1n) is 10.2. The summed E-state index contributed by atoms with van der Waals surface area (Å²) in [5, 5.41) is 9.27. The molecule has 0 saturated carbocycles. The lowest BCUT2D eigenvalue weighted by Gasteiger charge is -2.08. The molecule has 0 spiro atoms. The van der Waals surface area contributed by atoms with Gasteiger partial charge in [-0.05, 0) is 53.2 Å². The number of nitrogens with zero attached hydrogens (tertiary/aromatic N) is 1. The highest BCUT2D eigenvalue weighted by Crippen LogP contribution is 2.29. The van der Waals surface area contributed by atoms with Crippen LogP contribution in [0.25, 0.3) is 22.1 Å². The molecular formula is C25H19Cl2N3O4. The number of furan rings is 1. The Kier molecular flexibility index (Phi) is 7.47. The molecule has 0 bridgehead atoms. The van der Waals surface area contributed by atoms with Gasteiger partial charge in [0.1, 0.15) is 17.3 Å². The number of halogens is 2. The quantitative estimate of drug-likeness (QED) is 0.264. The van der Waals surface area contributed by atoms with Gasteiger partial charge in [-0.15, -0.1) is 0 Å². The van der Waals surface area contributed by atoms with Gasteiger partial charge in [0, 0.05) is 5.56 Å². The number of amides is 2. The average Bonchev–Trinajstić information content (AvgIpc) is 3.32. The number of fused-ring (bicyclic) bond motifs is 1. The van der Waals surface area contributed by atoms with Gasteiger partial charge in [0.15, 0.2) is 6.61 Å². The van der Waals surface area contributed by atoms with Crippen LogP contribution in [-0.2, 0) is 9.59 Å². The highest BCUT2D eigenvalue weighted by molar-refractivity contribution is 6.42. The summed E-state index contributed by atoms with van der Waals surface area (Å²) in [6.07, 6.45) is 1.35. The van der Waals surface area contributed by atoms with Crippen molar-refractivity contribution in [2.75, 3.05) is 13.2 Å². The summed E-state index contributed by atoms with van der Waals surface area (Å²) in [5.41, 5.74) is 3.08. The number of carbonyl (C=O) groups excluding carboxylic acids is 2. The number of rotatable bonds is 8. The smallest absolute Gasteiger partial charge is 0.259 e. The van der Waals surface area contributed by atoms with Gasteiger partial charge in [-0.1, -0.05) is 53.5 Å². The number of benzene rings is 3. The van der Waals surface area contributed by atoms with Gasteiger partial charge in [0.2, 0.25) is 0 Å². The van der Waals surface area contributed by atoms with Gasteiger partial charge in [-0.3, -0.25) is 9.59 Å². The minimum atomic E-state index is -0.494. The van der Waals surface area contributed by atoms with Crippen LogP contribution in [0.5, 0.6) is 5.75 Å². The van der Waals surface area contributed by atoms with Crippen molar-refractivity contribution in [3.63, 3.8) is 0 Å². The second kappa shape index (κ2) is 10.9. The van der Waals surface area contributed by atoms with E-state index >= 15 is 0 Å². The molecule has 0 radical (unpaired) electrons. The third-order valence-corrected chi connectivity index (χ3v) is 5.49. The Labute approximate surface area is 205 Å². The van der Waals surface area contributed by atoms with Crippen LogP contribution in [0.15, 0.2) is 82.3 Å². The minimum absolute atomic E-state index is 0.210. The lowest BCUT2D eigenvalue weighted by Crippen LogP contribution is -2.37. The molecule has 2 amide bonds. The Bertz CT molecular complexity index is 1370. The van der Waals surface area contributed by atoms with Crippen LogP contribution in [0.4, 0.5) is 0 Å². The molecule has 34 heavy (non-hydrogen) atoms. The Hall–Kier alpha value is -3.81. The molecule has 0 unspecified atom stereocenters. The van der Waals surface area contributed by atoms with Gasteiger partial charge < -0.3 is 14.5 Å². The van der Waals surface area contributed by atoms with Crippen molar-refractivity contribution >= 4 is 52.0 Å². The van der Waals surface area contributed by atoms with Crippen molar-refractivity contribution in [3.05, 3.63) is 88.6 Å². The summed E-state index contributed by atoms with van der Waals surface area (Å²) >= 11 is 12.0. The molecule has 4 rings (SSSR count). The van der Waals surface area contributed by atoms with Crippen LogP contribution in [0.2, 0.25) is 10.0 Å². The number of hydrogen-bond donors (Lipinski definition) is 2. The van der Waals surface area contributed by atoms with E-state index in [4.69, 9.17) is 32.4 Å². The van der Waals surface area contributed by atoms with Crippen molar-refractivity contribution in [1.29, 1.82) is 0 Å². The molecule has 4 aromatic rings. The monoisotopic (exact) mass is 495 g/mol. The van der Waals surface area contributed by atoms with E-state index in [1.165, 1.54) is 6.21 Å². The van der Waals surface area contributed by atoms with Crippen molar-refractivity contribution in [2.45, 2.75) is 0 Å². The van der Waals surface area contributed by atoms with E-state index in [1.807, 2.05) is 36.4 Å². The predicted octanol–water partition coefficient (Wildman–Crippen LogP) is 5.05. The lowest BCUT2D eigenvalue weighted by molar-refractivity contribution is -0.127. The van der Waals surface area contributed by atoms with Gasteiger partial charge in [0.05, 0.1) is 22.8 Å². The van der Waals surface area contributed by atoms with E-state index in [-0.39, 0.29) is 13.2 Å². The summed E-state index contributed by atoms with van der Waals surface area (Å²) in [6, 6.07) is 22.0. The van der Waals surface area contributed by atoms with Gasteiger partial charge in [0.25, 0.3) is 11.8 Å². The van der Waals surface area contributed by atoms with Gasteiger partial charge >= 0.3 is 0 Å². The zero-order valence-electron chi connectivity index (χ0n) is 17.8. The van der Waals surface area contributed by atoms with E-state index in [9.17, 15) is 9.59 Å². The third kappa shape index (κ3) is 6.15. The van der Waals surface area contributed by atoms with E-state index in [0.29, 0.717) is 27.3 Å². The van der Waals surface area contributed by atoms with Gasteiger partial charge in [-0.2, -0.15) is 5.10 Å². The standard InChI is InChI=1S/C25H19Cl2N3O4/c26-21-9-6-18(12-22(21)27)23-10-8-20(34-23)13-29-30-24(31)14-28-25(32)15-33-19-7-5-16-3-1-2-4-17(16)11-19/h1-13H,14-15H2,(H,28,32)(H,30,31)/b29-13+. The van der Waals surface area contributed by atoms with Crippen LogP contribution in [0.3, 0.4) is 0 Å². The molecule has 0 atom stereocenters. The first-order valence-corrected chi connectivity index (χ1v) is 11.0. The fourth-order valence-corrected chi connectivity index (χ4v) is 3.37. The van der Waals surface area contributed by atoms with Crippen LogP contribution >= 0.6 is 23.2 Å². The SMILES string of the molecule is O=C(COc1ccc2ccccc2c1)NCC(=O)N/N=C/c1ccc(-c2ccc(Cl)c(Cl)c2)o1. The van der Waals surface area contributed by atoms with Crippen molar-refractivity contribution < 1.29 is 18.7 Å². The molecule has 2 N–H and O–H groups in total. The average molecular weight is 496 g/mol. The topological polar surface area (TPSA) is 92.9 Å². The predicted molar refractivity (Wildman–Crippen MR) is 132 cm³/mol. The maximum atomic E-state index is 12.0. The Balaban J connectivity index is 1.20. The first kappa shape index (κ1) is 23.4. The molecule has 3 aromatic carbocycles. The zero-order valence-corrected chi connectivity index (χ0v) is 19.3. The highest BCUT2D eigenvalue weighted by atomic mass is 35.5. The molecule has 0 aliphatic carbocycles. The van der Waals surface area contributed by atoms with E-state index in [0.717, 1.165) is 16.3 Å². The van der Waals surface area contributed by atoms with Crippen molar-refractivity contribution in [3.8, 4) is 17.1 Å². The van der Waals surface area contributed by atoms with Crippen molar-refractivity contribution in [1.82, 2.24) is 10.7 Å². The van der Waals surface area contributed by atoms with Crippen LogP contribution in [0.1, 0.15) is 5.76 Å². The number of nitrogens with one attached hydrogen (secondary N) is 2. The zero-order chi connectivity index (χ0) is 23.9. The van der Waals surface area contributed by atoms with Gasteiger partial charge in [-0.25, -0.2) is 5.43 Å². The van der Waals surface area contributed by atoms with E-state index in [2.05, 4.69) is 15.8 Å². The number of carbonyl (C=O) groups is 2. The van der Waals surface area contributed by atoms with E-state index < -0.39 is 11.8 Å². The summed E-state index contributed by atoms with van der Waals surface area (Å²) in [5.74, 6) is 0.650. The fourth-order valence-electron chi connectivity index (χ4n) is 3.07. The second-order valence-electron chi connectivity index (χ2n) is 7.20. The molecule has 0 aliphatic heterocycles. The Morgan fingerprint density at radius 1 is 0.912 bits per heavy atom. The highest BCUT2D eigenvalue weighted by Gasteiger charge is 2.08. The number of hydrogen-bond acceptors (Lipinski definition) is 5. The molecule has 0 aliphatic rings. The minimum Gasteiger partial charge on any atom is -0.484 e. The van der Waals surface area contributed by atoms with Crippen molar-refractivity contribution in [2.24, 2.45) is 5.10 Å². The van der Waals surface area contributed by atoms with Crippen LogP contribution in [0, 0.1) is 0 Å². The maximum Gasteiger partial charge on any atom is 0.259 e. The Morgan fingerprint density at radius 2 is 1.74 bits per heavy atom. The fraction of sp³-hybridized carbons (Fsp3) is 0.0800.